The van der Waals surface area contributed by atoms with E-state index < -0.39 is 0 Å². The van der Waals surface area contributed by atoms with E-state index in [1.807, 2.05) is 11.3 Å². The maximum Gasteiger partial charge on any atom is 0.0900 e. The molecule has 1 heterocycles. The molecule has 1 aromatic rings. The molecular formula is C14H22N2S. The second kappa shape index (κ2) is 5.78. The van der Waals surface area contributed by atoms with Crippen LogP contribution in [-0.2, 0) is 0 Å². The second-order valence-corrected chi connectivity index (χ2v) is 6.20. The molecule has 0 fully saturated rings. The SMILES string of the molecule is Cc1nc(C)c(C(C)NCC2CC=CCC2)s1. The zero-order chi connectivity index (χ0) is 12.3. The number of nitrogens with zero attached hydrogens (tertiary/aromatic N) is 1. The van der Waals surface area contributed by atoms with Crippen molar-refractivity contribution in [3.63, 3.8) is 0 Å². The van der Waals surface area contributed by atoms with Gasteiger partial charge in [-0.3, -0.25) is 0 Å². The van der Waals surface area contributed by atoms with Crippen LogP contribution in [0.4, 0.5) is 0 Å². The highest BCUT2D eigenvalue weighted by Gasteiger charge is 2.15. The normalized spacial score (nSPS) is 21.7. The maximum absolute atomic E-state index is 4.49. The number of aromatic nitrogens is 1. The predicted octanol–water partition coefficient (Wildman–Crippen LogP) is 3.77. The first-order chi connectivity index (χ1) is 8.16. The van der Waals surface area contributed by atoms with E-state index in [1.165, 1.54) is 34.8 Å². The van der Waals surface area contributed by atoms with Crippen LogP contribution >= 0.6 is 11.3 Å². The number of hydrogen-bond acceptors (Lipinski definition) is 3. The summed E-state index contributed by atoms with van der Waals surface area (Å²) in [5.74, 6) is 0.816. The molecule has 0 saturated heterocycles. The predicted molar refractivity (Wildman–Crippen MR) is 74.5 cm³/mol. The molecule has 0 saturated carbocycles. The van der Waals surface area contributed by atoms with Crippen LogP contribution in [0.15, 0.2) is 12.2 Å². The van der Waals surface area contributed by atoms with Gasteiger partial charge in [0, 0.05) is 10.9 Å². The summed E-state index contributed by atoms with van der Waals surface area (Å²) in [6, 6.07) is 0.437. The van der Waals surface area contributed by atoms with Crippen LogP contribution in [-0.4, -0.2) is 11.5 Å². The topological polar surface area (TPSA) is 24.9 Å². The lowest BCUT2D eigenvalue weighted by Crippen LogP contribution is -2.26. The summed E-state index contributed by atoms with van der Waals surface area (Å²) < 4.78 is 0. The maximum atomic E-state index is 4.49. The first-order valence-electron chi connectivity index (χ1n) is 6.49. The molecule has 2 rings (SSSR count). The van der Waals surface area contributed by atoms with E-state index in [0.29, 0.717) is 6.04 Å². The summed E-state index contributed by atoms with van der Waals surface area (Å²) in [4.78, 5) is 5.89. The third-order valence-corrected chi connectivity index (χ3v) is 4.68. The summed E-state index contributed by atoms with van der Waals surface area (Å²) in [5.41, 5.74) is 1.19. The van der Waals surface area contributed by atoms with Crippen molar-refractivity contribution in [3.05, 3.63) is 27.7 Å². The van der Waals surface area contributed by atoms with Gasteiger partial charge in [0.1, 0.15) is 0 Å². The molecule has 1 N–H and O–H groups in total. The van der Waals surface area contributed by atoms with Crippen LogP contribution in [0.2, 0.25) is 0 Å². The fourth-order valence-corrected chi connectivity index (χ4v) is 3.38. The number of nitrogens with one attached hydrogen (secondary N) is 1. The van der Waals surface area contributed by atoms with Crippen molar-refractivity contribution >= 4 is 11.3 Å². The molecule has 0 spiro atoms. The van der Waals surface area contributed by atoms with Crippen molar-refractivity contribution in [3.8, 4) is 0 Å². The first kappa shape index (κ1) is 12.8. The fourth-order valence-electron chi connectivity index (χ4n) is 2.43. The summed E-state index contributed by atoms with van der Waals surface area (Å²) in [7, 11) is 0. The Morgan fingerprint density at radius 1 is 1.47 bits per heavy atom. The number of hydrogen-bond donors (Lipinski definition) is 1. The minimum atomic E-state index is 0.437. The Morgan fingerprint density at radius 2 is 2.29 bits per heavy atom. The van der Waals surface area contributed by atoms with Gasteiger partial charge in [-0.2, -0.15) is 0 Å². The van der Waals surface area contributed by atoms with Crippen LogP contribution in [0.25, 0.3) is 0 Å². The zero-order valence-corrected chi connectivity index (χ0v) is 11.8. The van der Waals surface area contributed by atoms with Gasteiger partial charge in [-0.1, -0.05) is 12.2 Å². The average Bonchev–Trinajstić information content (AvgIpc) is 2.67. The number of allylic oxidation sites excluding steroid dienone is 2. The summed E-state index contributed by atoms with van der Waals surface area (Å²) >= 11 is 1.82. The molecule has 1 aliphatic rings. The summed E-state index contributed by atoms with van der Waals surface area (Å²) in [6.07, 6.45) is 8.44. The molecule has 2 nitrogen and oxygen atoms in total. The lowest BCUT2D eigenvalue weighted by molar-refractivity contribution is 0.417. The standard InChI is InChI=1S/C14H22N2S/c1-10(14-11(2)16-12(3)17-14)15-9-13-7-5-4-6-8-13/h4-5,10,13,15H,6-9H2,1-3H3. The highest BCUT2D eigenvalue weighted by molar-refractivity contribution is 7.11. The lowest BCUT2D eigenvalue weighted by Gasteiger charge is -2.21. The van der Waals surface area contributed by atoms with Crippen LogP contribution in [0, 0.1) is 19.8 Å². The summed E-state index contributed by atoms with van der Waals surface area (Å²) in [6.45, 7) is 7.57. The largest absolute Gasteiger partial charge is 0.309 e. The highest BCUT2D eigenvalue weighted by Crippen LogP contribution is 2.25. The van der Waals surface area contributed by atoms with E-state index >= 15 is 0 Å². The molecule has 94 valence electrons. The van der Waals surface area contributed by atoms with E-state index in [1.54, 1.807) is 0 Å². The van der Waals surface area contributed by atoms with Gasteiger partial charge in [-0.15, -0.1) is 11.3 Å². The first-order valence-corrected chi connectivity index (χ1v) is 7.30. The Morgan fingerprint density at radius 3 is 2.88 bits per heavy atom. The van der Waals surface area contributed by atoms with E-state index in [4.69, 9.17) is 0 Å². The average molecular weight is 250 g/mol. The smallest absolute Gasteiger partial charge is 0.0900 e. The van der Waals surface area contributed by atoms with Gasteiger partial charge in [0.2, 0.25) is 0 Å². The van der Waals surface area contributed by atoms with Gasteiger partial charge in [-0.05, 0) is 52.5 Å². The molecule has 0 amide bonds. The van der Waals surface area contributed by atoms with Crippen molar-refractivity contribution in [1.82, 2.24) is 10.3 Å². The summed E-state index contributed by atoms with van der Waals surface area (Å²) in [5, 5.41) is 4.83. The molecule has 1 aromatic heterocycles. The van der Waals surface area contributed by atoms with Gasteiger partial charge in [0.15, 0.2) is 0 Å². The monoisotopic (exact) mass is 250 g/mol. The van der Waals surface area contributed by atoms with Gasteiger partial charge >= 0.3 is 0 Å². The molecule has 0 aliphatic heterocycles. The van der Waals surface area contributed by atoms with Crippen LogP contribution < -0.4 is 5.32 Å². The molecule has 2 unspecified atom stereocenters. The van der Waals surface area contributed by atoms with E-state index in [-0.39, 0.29) is 0 Å². The van der Waals surface area contributed by atoms with E-state index in [9.17, 15) is 0 Å². The van der Waals surface area contributed by atoms with Gasteiger partial charge < -0.3 is 5.32 Å². The zero-order valence-electron chi connectivity index (χ0n) is 11.0. The Kier molecular flexibility index (Phi) is 4.35. The van der Waals surface area contributed by atoms with Gasteiger partial charge in [-0.25, -0.2) is 4.98 Å². The molecule has 17 heavy (non-hydrogen) atoms. The molecular weight excluding hydrogens is 228 g/mol. The fraction of sp³-hybridized carbons (Fsp3) is 0.643. The molecule has 0 radical (unpaired) electrons. The van der Waals surface area contributed by atoms with Crippen LogP contribution in [0.5, 0.6) is 0 Å². The van der Waals surface area contributed by atoms with Crippen molar-refractivity contribution < 1.29 is 0 Å². The quantitative estimate of drug-likeness (QED) is 0.823. The highest BCUT2D eigenvalue weighted by atomic mass is 32.1. The molecule has 1 aliphatic carbocycles. The Labute approximate surface area is 108 Å². The van der Waals surface area contributed by atoms with E-state index in [2.05, 4.69) is 43.2 Å². The minimum absolute atomic E-state index is 0.437. The molecule has 0 aromatic carbocycles. The van der Waals surface area contributed by atoms with Gasteiger partial charge in [0.05, 0.1) is 10.7 Å². The van der Waals surface area contributed by atoms with Crippen molar-refractivity contribution in [2.75, 3.05) is 6.54 Å². The third-order valence-electron chi connectivity index (χ3n) is 3.42. The Bertz CT molecular complexity index is 395. The Hall–Kier alpha value is -0.670. The molecule has 0 bridgehead atoms. The lowest BCUT2D eigenvalue weighted by atomic mass is 9.94. The number of thiazole rings is 1. The van der Waals surface area contributed by atoms with Crippen molar-refractivity contribution in [2.24, 2.45) is 5.92 Å². The van der Waals surface area contributed by atoms with Crippen molar-refractivity contribution in [1.29, 1.82) is 0 Å². The van der Waals surface area contributed by atoms with Crippen molar-refractivity contribution in [2.45, 2.75) is 46.1 Å². The number of rotatable bonds is 4. The van der Waals surface area contributed by atoms with Gasteiger partial charge in [0.25, 0.3) is 0 Å². The third kappa shape index (κ3) is 3.39. The van der Waals surface area contributed by atoms with Crippen LogP contribution in [0.1, 0.15) is 47.8 Å². The molecule has 2 atom stereocenters. The molecule has 3 heteroatoms. The van der Waals surface area contributed by atoms with E-state index in [0.717, 1.165) is 12.5 Å². The Balaban J connectivity index is 1.86. The van der Waals surface area contributed by atoms with Crippen LogP contribution in [0.3, 0.4) is 0 Å². The second-order valence-electron chi connectivity index (χ2n) is 4.96. The minimum Gasteiger partial charge on any atom is -0.309 e. The number of aryl methyl sites for hydroxylation is 2.